The van der Waals surface area contributed by atoms with E-state index in [9.17, 15) is 17.6 Å². The van der Waals surface area contributed by atoms with Gasteiger partial charge in [-0.2, -0.15) is 13.1 Å². The Kier molecular flexibility index (Phi) is 5.63. The highest BCUT2D eigenvalue weighted by Gasteiger charge is 2.31. The van der Waals surface area contributed by atoms with Gasteiger partial charge in [-0.3, -0.25) is 4.79 Å². The highest BCUT2D eigenvalue weighted by molar-refractivity contribution is 7.89. The van der Waals surface area contributed by atoms with E-state index in [-0.39, 0.29) is 42.8 Å². The van der Waals surface area contributed by atoms with Gasteiger partial charge in [0.1, 0.15) is 21.7 Å². The number of fused-ring (bicyclic) bond motifs is 1. The van der Waals surface area contributed by atoms with E-state index < -0.39 is 10.0 Å². The van der Waals surface area contributed by atoms with Gasteiger partial charge in [-0.25, -0.2) is 12.8 Å². The Balaban J connectivity index is 1.47. The average Bonchev–Trinajstić information content (AvgIpc) is 3.23. The Labute approximate surface area is 177 Å². The third kappa shape index (κ3) is 3.85. The van der Waals surface area contributed by atoms with Gasteiger partial charge in [-0.1, -0.05) is 24.3 Å². The van der Waals surface area contributed by atoms with Crippen LogP contribution in [0.3, 0.4) is 0 Å². The van der Waals surface area contributed by atoms with Crippen molar-refractivity contribution >= 4 is 44.3 Å². The molecule has 0 unspecified atom stereocenters. The van der Waals surface area contributed by atoms with Gasteiger partial charge in [0.2, 0.25) is 15.9 Å². The molecule has 0 bridgehead atoms. The molecule has 4 rings (SSSR count). The van der Waals surface area contributed by atoms with Crippen LogP contribution in [0, 0.1) is 5.82 Å². The van der Waals surface area contributed by atoms with Crippen molar-refractivity contribution in [3.63, 3.8) is 0 Å². The molecule has 0 atom stereocenters. The highest BCUT2D eigenvalue weighted by Crippen LogP contribution is 2.25. The third-order valence-electron chi connectivity index (χ3n) is 5.06. The standard InChI is InChI=1S/C20H19FN4O3S2/c1-14(15-5-2-3-6-16(15)21)13-19(26)24-9-11-25(12-10-24)30(27,28)18-8-4-7-17-20(18)23-29-22-17/h2-8,13H,9-12H2,1H3/b14-13-. The number of hydrogen-bond donors (Lipinski definition) is 0. The van der Waals surface area contributed by atoms with Gasteiger partial charge in [0.05, 0.1) is 11.7 Å². The van der Waals surface area contributed by atoms with Crippen LogP contribution in [0.2, 0.25) is 0 Å². The molecule has 156 valence electrons. The summed E-state index contributed by atoms with van der Waals surface area (Å²) in [5.74, 6) is -0.653. The van der Waals surface area contributed by atoms with Crippen LogP contribution >= 0.6 is 11.7 Å². The van der Waals surface area contributed by atoms with Crippen LogP contribution < -0.4 is 0 Å². The fraction of sp³-hybridized carbons (Fsp3) is 0.250. The van der Waals surface area contributed by atoms with Gasteiger partial charge in [-0.05, 0) is 30.7 Å². The molecule has 1 aliphatic rings. The third-order valence-corrected chi connectivity index (χ3v) is 7.53. The van der Waals surface area contributed by atoms with Gasteiger partial charge in [0.25, 0.3) is 0 Å². The molecule has 1 amide bonds. The van der Waals surface area contributed by atoms with Crippen molar-refractivity contribution < 1.29 is 17.6 Å². The number of hydrogen-bond acceptors (Lipinski definition) is 6. The number of nitrogens with zero attached hydrogens (tertiary/aromatic N) is 4. The van der Waals surface area contributed by atoms with Crippen molar-refractivity contribution in [2.24, 2.45) is 0 Å². The minimum Gasteiger partial charge on any atom is -0.337 e. The Morgan fingerprint density at radius 3 is 2.53 bits per heavy atom. The fourth-order valence-electron chi connectivity index (χ4n) is 3.41. The van der Waals surface area contributed by atoms with Crippen molar-refractivity contribution in [2.75, 3.05) is 26.2 Å². The zero-order valence-corrected chi connectivity index (χ0v) is 17.8. The monoisotopic (exact) mass is 446 g/mol. The topological polar surface area (TPSA) is 83.5 Å². The lowest BCUT2D eigenvalue weighted by Crippen LogP contribution is -2.50. The van der Waals surface area contributed by atoms with Crippen molar-refractivity contribution in [1.29, 1.82) is 0 Å². The molecule has 0 saturated carbocycles. The number of sulfonamides is 1. The van der Waals surface area contributed by atoms with E-state index in [1.807, 2.05) is 0 Å². The number of allylic oxidation sites excluding steroid dienone is 1. The van der Waals surface area contributed by atoms with Crippen LogP contribution in [0.25, 0.3) is 16.6 Å². The molecule has 3 aromatic rings. The second-order valence-corrected chi connectivity index (χ2v) is 9.36. The lowest BCUT2D eigenvalue weighted by atomic mass is 10.1. The van der Waals surface area contributed by atoms with E-state index in [1.165, 1.54) is 22.5 Å². The van der Waals surface area contributed by atoms with E-state index in [2.05, 4.69) is 8.75 Å². The summed E-state index contributed by atoms with van der Waals surface area (Å²) in [4.78, 5) is 14.3. The lowest BCUT2D eigenvalue weighted by molar-refractivity contribution is -0.127. The Morgan fingerprint density at radius 2 is 1.80 bits per heavy atom. The van der Waals surface area contributed by atoms with Crippen LogP contribution in [0.1, 0.15) is 12.5 Å². The second-order valence-electron chi connectivity index (χ2n) is 6.92. The first-order valence-electron chi connectivity index (χ1n) is 9.31. The minimum atomic E-state index is -3.74. The molecule has 2 heterocycles. The largest absolute Gasteiger partial charge is 0.337 e. The van der Waals surface area contributed by atoms with Crippen LogP contribution in [0.15, 0.2) is 53.4 Å². The number of amides is 1. The smallest absolute Gasteiger partial charge is 0.246 e. The Morgan fingerprint density at radius 1 is 1.07 bits per heavy atom. The van der Waals surface area contributed by atoms with Crippen molar-refractivity contribution in [3.8, 4) is 0 Å². The molecule has 7 nitrogen and oxygen atoms in total. The molecular weight excluding hydrogens is 427 g/mol. The molecule has 30 heavy (non-hydrogen) atoms. The maximum Gasteiger partial charge on any atom is 0.246 e. The van der Waals surface area contributed by atoms with Crippen molar-refractivity contribution in [1.82, 2.24) is 18.0 Å². The van der Waals surface area contributed by atoms with Gasteiger partial charge < -0.3 is 4.90 Å². The Bertz CT molecular complexity index is 1230. The number of piperazine rings is 1. The maximum atomic E-state index is 13.9. The molecule has 1 saturated heterocycles. The number of carbonyl (C=O) groups excluding carboxylic acids is 1. The summed E-state index contributed by atoms with van der Waals surface area (Å²) in [5, 5.41) is 0. The summed E-state index contributed by atoms with van der Waals surface area (Å²) in [7, 11) is -3.74. The molecule has 1 fully saturated rings. The number of rotatable bonds is 4. The van der Waals surface area contributed by atoms with Gasteiger partial charge >= 0.3 is 0 Å². The normalized spacial score (nSPS) is 16.2. The molecule has 2 aromatic carbocycles. The fourth-order valence-corrected chi connectivity index (χ4v) is 5.59. The summed E-state index contributed by atoms with van der Waals surface area (Å²) in [6.07, 6.45) is 1.39. The van der Waals surface area contributed by atoms with E-state index in [0.29, 0.717) is 22.2 Å². The van der Waals surface area contributed by atoms with E-state index in [4.69, 9.17) is 0 Å². The van der Waals surface area contributed by atoms with E-state index in [1.54, 1.807) is 42.2 Å². The van der Waals surface area contributed by atoms with Crippen LogP contribution in [-0.4, -0.2) is 58.5 Å². The number of carbonyl (C=O) groups is 1. The van der Waals surface area contributed by atoms with Crippen LogP contribution in [-0.2, 0) is 14.8 Å². The summed E-state index contributed by atoms with van der Waals surface area (Å²) in [6, 6.07) is 11.2. The maximum absolute atomic E-state index is 13.9. The van der Waals surface area contributed by atoms with Crippen molar-refractivity contribution in [3.05, 3.63) is 59.9 Å². The van der Waals surface area contributed by atoms with E-state index >= 15 is 0 Å². The predicted octanol–water partition coefficient (Wildman–Crippen LogP) is 2.77. The predicted molar refractivity (Wildman–Crippen MR) is 113 cm³/mol. The lowest BCUT2D eigenvalue weighted by Gasteiger charge is -2.33. The quantitative estimate of drug-likeness (QED) is 0.576. The number of benzene rings is 2. The van der Waals surface area contributed by atoms with Crippen LogP contribution in [0.5, 0.6) is 0 Å². The van der Waals surface area contributed by atoms with Gasteiger partial charge in [-0.15, -0.1) is 0 Å². The van der Waals surface area contributed by atoms with Gasteiger partial charge in [0, 0.05) is 37.8 Å². The first-order valence-corrected chi connectivity index (χ1v) is 11.5. The molecule has 0 N–H and O–H groups in total. The molecular formula is C20H19FN4O3S2. The summed E-state index contributed by atoms with van der Waals surface area (Å²) in [5.41, 5.74) is 1.81. The SMILES string of the molecule is C/C(=C/C(=O)N1CCN(S(=O)(=O)c2cccc3nsnc23)CC1)c1ccccc1F. The molecule has 0 radical (unpaired) electrons. The second kappa shape index (κ2) is 8.21. The van der Waals surface area contributed by atoms with Gasteiger partial charge in [0.15, 0.2) is 0 Å². The van der Waals surface area contributed by atoms with Crippen molar-refractivity contribution in [2.45, 2.75) is 11.8 Å². The zero-order valence-electron chi connectivity index (χ0n) is 16.2. The average molecular weight is 447 g/mol. The molecule has 1 aliphatic heterocycles. The summed E-state index contributed by atoms with van der Waals surface area (Å²) < 4.78 is 49.6. The number of halogens is 1. The van der Waals surface area contributed by atoms with E-state index in [0.717, 1.165) is 11.7 Å². The van der Waals surface area contributed by atoms with Crippen LogP contribution in [0.4, 0.5) is 4.39 Å². The summed E-state index contributed by atoms with van der Waals surface area (Å²) >= 11 is 0.970. The first kappa shape index (κ1) is 20.6. The molecule has 0 aliphatic carbocycles. The minimum absolute atomic E-state index is 0.129. The highest BCUT2D eigenvalue weighted by atomic mass is 32.2. The first-order chi connectivity index (χ1) is 14.4. The summed E-state index contributed by atoms with van der Waals surface area (Å²) in [6.45, 7) is 2.54. The molecule has 0 spiro atoms. The number of aromatic nitrogens is 2. The Hall–Kier alpha value is -2.69. The zero-order chi connectivity index (χ0) is 21.3. The molecule has 1 aromatic heterocycles. The molecule has 10 heteroatoms.